The Balaban J connectivity index is 0. The molecule has 11 heavy (non-hydrogen) atoms. The Hall–Kier alpha value is 1.53. The Bertz CT molecular complexity index is 134. The molecular weight excluding hydrogens is 187 g/mol. The van der Waals surface area contributed by atoms with E-state index in [2.05, 4.69) is 20.1 Å². The van der Waals surface area contributed by atoms with Gasteiger partial charge < -0.3 is 17.4 Å². The standard InChI is InChI=1S/C7H16OS2.Na/c1-6(2)5-10(4)7(9)8-3;/h6,9H,5H2,1-4H3;/q;+1/p-1. The molecule has 0 aromatic heterocycles. The van der Waals surface area contributed by atoms with Crippen molar-refractivity contribution in [3.63, 3.8) is 0 Å². The Labute approximate surface area is 99.9 Å². The van der Waals surface area contributed by atoms with E-state index in [4.69, 9.17) is 17.4 Å². The molecule has 1 nitrogen and oxygen atoms in total. The minimum atomic E-state index is 0. The molecule has 0 bridgehead atoms. The topological polar surface area (TPSA) is 9.23 Å². The van der Waals surface area contributed by atoms with Crippen molar-refractivity contribution in [2.75, 3.05) is 19.1 Å². The maximum Gasteiger partial charge on any atom is 1.00 e. The van der Waals surface area contributed by atoms with Crippen molar-refractivity contribution in [3.8, 4) is 0 Å². The van der Waals surface area contributed by atoms with Gasteiger partial charge in [0, 0.05) is 7.11 Å². The number of methoxy groups -OCH3 is 1. The van der Waals surface area contributed by atoms with Crippen LogP contribution in [0.4, 0.5) is 0 Å². The summed E-state index contributed by atoms with van der Waals surface area (Å²) in [5.41, 5.74) is 0. The van der Waals surface area contributed by atoms with Crippen molar-refractivity contribution in [3.05, 3.63) is 0 Å². The van der Waals surface area contributed by atoms with Gasteiger partial charge in [0.05, 0.1) is 0 Å². The second-order valence-corrected chi connectivity index (χ2v) is 5.26. The van der Waals surface area contributed by atoms with Gasteiger partial charge in [-0.1, -0.05) is 18.2 Å². The van der Waals surface area contributed by atoms with Crippen LogP contribution in [-0.2, 0) is 17.4 Å². The third-order valence-electron chi connectivity index (χ3n) is 1.03. The minimum Gasteiger partial charge on any atom is -0.725 e. The van der Waals surface area contributed by atoms with Crippen LogP contribution in [0, 0.1) is 5.92 Å². The quantitative estimate of drug-likeness (QED) is 0.317. The fourth-order valence-corrected chi connectivity index (χ4v) is 2.34. The van der Waals surface area contributed by atoms with Crippen LogP contribution < -0.4 is 29.6 Å². The van der Waals surface area contributed by atoms with E-state index in [0.29, 0.717) is 5.92 Å². The Morgan fingerprint density at radius 1 is 1.55 bits per heavy atom. The Kier molecular flexibility index (Phi) is 11.1. The molecule has 4 heteroatoms. The Morgan fingerprint density at radius 3 is 2.27 bits per heavy atom. The van der Waals surface area contributed by atoms with E-state index in [9.17, 15) is 0 Å². The second-order valence-electron chi connectivity index (χ2n) is 2.65. The molecule has 0 rings (SSSR count). The van der Waals surface area contributed by atoms with Crippen molar-refractivity contribution in [2.24, 2.45) is 5.92 Å². The average Bonchev–Trinajstić information content (AvgIpc) is 1.85. The van der Waals surface area contributed by atoms with E-state index in [0.717, 1.165) is 10.1 Å². The molecule has 0 fully saturated rings. The largest absolute Gasteiger partial charge is 1.00 e. The van der Waals surface area contributed by atoms with Crippen molar-refractivity contribution >= 4 is 27.5 Å². The van der Waals surface area contributed by atoms with Crippen molar-refractivity contribution in [2.45, 2.75) is 13.8 Å². The first-order valence-electron chi connectivity index (χ1n) is 3.28. The van der Waals surface area contributed by atoms with Gasteiger partial charge in [0.1, 0.15) is 0 Å². The molecule has 0 radical (unpaired) electrons. The molecule has 0 saturated heterocycles. The van der Waals surface area contributed by atoms with Crippen molar-refractivity contribution < 1.29 is 34.3 Å². The fraction of sp³-hybridized carbons (Fsp3) is 0.857. The molecule has 0 aliphatic heterocycles. The van der Waals surface area contributed by atoms with E-state index in [1.54, 1.807) is 7.11 Å². The Morgan fingerprint density at radius 2 is 2.00 bits per heavy atom. The summed E-state index contributed by atoms with van der Waals surface area (Å²) in [4.78, 5) is 0. The number of hydrogen-bond donors (Lipinski definition) is 0. The first kappa shape index (κ1) is 15.0. The van der Waals surface area contributed by atoms with Gasteiger partial charge in [0.25, 0.3) is 0 Å². The van der Waals surface area contributed by atoms with E-state index in [-0.39, 0.29) is 40.0 Å². The second kappa shape index (κ2) is 8.14. The maximum absolute atomic E-state index is 4.99. The number of ether oxygens (including phenoxy) is 1. The van der Waals surface area contributed by atoms with Gasteiger partial charge in [-0.15, -0.1) is 0 Å². The summed E-state index contributed by atoms with van der Waals surface area (Å²) >= 11 is 4.99. The first-order chi connectivity index (χ1) is 4.57. The molecule has 1 unspecified atom stereocenters. The van der Waals surface area contributed by atoms with Crippen LogP contribution in [0.3, 0.4) is 0 Å². The van der Waals surface area contributed by atoms with Crippen LogP contribution in [0.15, 0.2) is 0 Å². The summed E-state index contributed by atoms with van der Waals surface area (Å²) in [5, 5.41) is 0. The van der Waals surface area contributed by atoms with Gasteiger partial charge in [-0.25, -0.2) is 0 Å². The van der Waals surface area contributed by atoms with Gasteiger partial charge in [0.15, 0.2) is 0 Å². The van der Waals surface area contributed by atoms with Crippen LogP contribution in [0.5, 0.6) is 0 Å². The third kappa shape index (κ3) is 7.88. The zero-order valence-electron chi connectivity index (χ0n) is 8.01. The average molecular weight is 202 g/mol. The number of rotatable bonds is 2. The predicted octanol–water partition coefficient (Wildman–Crippen LogP) is -1.17. The molecule has 62 valence electrons. The molecule has 0 amide bonds. The normalized spacial score (nSPS) is 14.2. The van der Waals surface area contributed by atoms with Gasteiger partial charge in [-0.2, -0.15) is 10.5 Å². The van der Waals surface area contributed by atoms with Gasteiger partial charge in [0.2, 0.25) is 0 Å². The van der Waals surface area contributed by atoms with Crippen LogP contribution in [0.2, 0.25) is 0 Å². The fourth-order valence-electron chi connectivity index (χ4n) is 0.710. The molecule has 0 aromatic carbocycles. The molecule has 0 saturated carbocycles. The molecule has 0 spiro atoms. The van der Waals surface area contributed by atoms with Crippen LogP contribution >= 0.6 is 10.5 Å². The van der Waals surface area contributed by atoms with E-state index >= 15 is 0 Å². The number of hydrogen-bond acceptors (Lipinski definition) is 2. The summed E-state index contributed by atoms with van der Waals surface area (Å²) < 4.78 is 5.71. The molecule has 0 N–H and O–H groups in total. The predicted molar refractivity (Wildman–Crippen MR) is 52.6 cm³/mol. The van der Waals surface area contributed by atoms with Gasteiger partial charge >= 0.3 is 29.6 Å². The summed E-state index contributed by atoms with van der Waals surface area (Å²) in [5.74, 6) is 1.86. The van der Waals surface area contributed by atoms with Gasteiger partial charge in [-0.05, 0) is 17.9 Å². The summed E-state index contributed by atoms with van der Waals surface area (Å²) in [6.45, 7) is 4.39. The maximum atomic E-state index is 4.99. The smallest absolute Gasteiger partial charge is 0.725 e. The van der Waals surface area contributed by atoms with Crippen LogP contribution in [0.25, 0.3) is 0 Å². The molecular formula is C7H15NaOS2. The van der Waals surface area contributed by atoms with E-state index in [1.807, 2.05) is 0 Å². The zero-order valence-corrected chi connectivity index (χ0v) is 11.6. The third-order valence-corrected chi connectivity index (χ3v) is 3.96. The van der Waals surface area contributed by atoms with Crippen LogP contribution in [0.1, 0.15) is 13.8 Å². The van der Waals surface area contributed by atoms with Crippen molar-refractivity contribution in [1.29, 1.82) is 0 Å². The monoisotopic (exact) mass is 202 g/mol. The van der Waals surface area contributed by atoms with Gasteiger partial charge in [-0.3, -0.25) is 0 Å². The molecule has 0 aliphatic carbocycles. The van der Waals surface area contributed by atoms with Crippen molar-refractivity contribution in [1.82, 2.24) is 0 Å². The summed E-state index contributed by atoms with van der Waals surface area (Å²) in [6.07, 6.45) is 2.13. The minimum absolute atomic E-state index is 0. The molecule has 0 aromatic rings. The summed E-state index contributed by atoms with van der Waals surface area (Å²) in [7, 11) is 1.81. The zero-order chi connectivity index (χ0) is 8.15. The SMILES string of the molecule is COC([S-])=S(C)CC(C)C.[Na+]. The molecule has 1 atom stereocenters. The first-order valence-corrected chi connectivity index (χ1v) is 5.49. The molecule has 0 heterocycles. The summed E-state index contributed by atoms with van der Waals surface area (Å²) in [6, 6.07) is 0. The van der Waals surface area contributed by atoms with Crippen LogP contribution in [-0.4, -0.2) is 23.5 Å². The van der Waals surface area contributed by atoms with E-state index < -0.39 is 0 Å². The van der Waals surface area contributed by atoms with E-state index in [1.165, 1.54) is 0 Å². The molecule has 0 aliphatic rings.